The van der Waals surface area contributed by atoms with Crippen LogP contribution in [0.4, 0.5) is 5.69 Å². The van der Waals surface area contributed by atoms with E-state index in [-0.39, 0.29) is 10.6 Å². The summed E-state index contributed by atoms with van der Waals surface area (Å²) in [5.41, 5.74) is 0.0987. The number of fused-ring (bicyclic) bond motifs is 3. The number of benzene rings is 3. The topological polar surface area (TPSA) is 52.4 Å². The van der Waals surface area contributed by atoms with Crippen LogP contribution < -0.4 is 4.74 Å². The summed E-state index contributed by atoms with van der Waals surface area (Å²) in [6.07, 6.45) is 0. The van der Waals surface area contributed by atoms with Crippen molar-refractivity contribution in [1.82, 2.24) is 0 Å². The van der Waals surface area contributed by atoms with Gasteiger partial charge in [-0.05, 0) is 22.9 Å². The Kier molecular flexibility index (Phi) is 2.56. The summed E-state index contributed by atoms with van der Waals surface area (Å²) in [5, 5.41) is 14.5. The monoisotopic (exact) mass is 253 g/mol. The Morgan fingerprint density at radius 2 is 1.79 bits per heavy atom. The van der Waals surface area contributed by atoms with Crippen molar-refractivity contribution in [3.8, 4) is 5.75 Å². The molecule has 0 fully saturated rings. The molecule has 0 amide bonds. The molecule has 0 aliphatic heterocycles. The Morgan fingerprint density at radius 3 is 2.53 bits per heavy atom. The summed E-state index contributed by atoms with van der Waals surface area (Å²) < 4.78 is 5.35. The van der Waals surface area contributed by atoms with Gasteiger partial charge in [-0.25, -0.2) is 0 Å². The number of ether oxygens (including phenoxy) is 1. The van der Waals surface area contributed by atoms with Crippen molar-refractivity contribution in [2.24, 2.45) is 0 Å². The molecule has 3 aromatic carbocycles. The second-order valence-corrected chi connectivity index (χ2v) is 4.25. The zero-order chi connectivity index (χ0) is 13.4. The van der Waals surface area contributed by atoms with Crippen LogP contribution in [0.2, 0.25) is 0 Å². The zero-order valence-corrected chi connectivity index (χ0v) is 10.3. The maximum atomic E-state index is 11.1. The van der Waals surface area contributed by atoms with E-state index in [0.29, 0.717) is 11.1 Å². The predicted molar refractivity (Wildman–Crippen MR) is 74.7 cm³/mol. The SMILES string of the molecule is COc1ccc([N+](=O)[O-])c2ccc3ccccc3c12. The summed E-state index contributed by atoms with van der Waals surface area (Å²) in [7, 11) is 1.57. The minimum atomic E-state index is -0.365. The van der Waals surface area contributed by atoms with Gasteiger partial charge < -0.3 is 4.74 Å². The molecule has 0 atom stereocenters. The van der Waals surface area contributed by atoms with Crippen LogP contribution >= 0.6 is 0 Å². The number of hydrogen-bond acceptors (Lipinski definition) is 3. The standard InChI is InChI=1S/C15H11NO3/c1-19-14-9-8-13(16(17)18)12-7-6-10-4-2-3-5-11(10)15(12)14/h2-9H,1H3. The second-order valence-electron chi connectivity index (χ2n) is 4.25. The lowest BCUT2D eigenvalue weighted by molar-refractivity contribution is -0.383. The van der Waals surface area contributed by atoms with Gasteiger partial charge in [0.2, 0.25) is 0 Å². The molecule has 0 aliphatic carbocycles. The van der Waals surface area contributed by atoms with Crippen molar-refractivity contribution in [2.75, 3.05) is 7.11 Å². The highest BCUT2D eigenvalue weighted by Crippen LogP contribution is 2.37. The maximum absolute atomic E-state index is 11.1. The molecular weight excluding hydrogens is 242 g/mol. The smallest absolute Gasteiger partial charge is 0.277 e. The number of methoxy groups -OCH3 is 1. The number of nitro groups is 1. The van der Waals surface area contributed by atoms with Crippen LogP contribution in [0.1, 0.15) is 0 Å². The van der Waals surface area contributed by atoms with Gasteiger partial charge in [-0.3, -0.25) is 10.1 Å². The van der Waals surface area contributed by atoms with Gasteiger partial charge in [-0.15, -0.1) is 0 Å². The Labute approximate surface area is 109 Å². The van der Waals surface area contributed by atoms with E-state index in [4.69, 9.17) is 4.74 Å². The first-order chi connectivity index (χ1) is 9.22. The van der Waals surface area contributed by atoms with E-state index in [1.165, 1.54) is 6.07 Å². The second kappa shape index (κ2) is 4.24. The van der Waals surface area contributed by atoms with Crippen molar-refractivity contribution >= 4 is 27.2 Å². The number of rotatable bonds is 2. The molecule has 0 radical (unpaired) electrons. The van der Waals surface area contributed by atoms with E-state index in [1.54, 1.807) is 19.2 Å². The lowest BCUT2D eigenvalue weighted by atomic mass is 10.00. The highest BCUT2D eigenvalue weighted by molar-refractivity contribution is 6.13. The van der Waals surface area contributed by atoms with E-state index in [9.17, 15) is 10.1 Å². The first-order valence-corrected chi connectivity index (χ1v) is 5.85. The molecule has 0 unspecified atom stereocenters. The van der Waals surface area contributed by atoms with E-state index < -0.39 is 0 Å². The van der Waals surface area contributed by atoms with E-state index in [0.717, 1.165) is 16.2 Å². The van der Waals surface area contributed by atoms with Crippen molar-refractivity contribution < 1.29 is 9.66 Å². The first kappa shape index (κ1) is 11.5. The average molecular weight is 253 g/mol. The summed E-state index contributed by atoms with van der Waals surface area (Å²) in [6, 6.07) is 14.6. The third-order valence-electron chi connectivity index (χ3n) is 3.26. The van der Waals surface area contributed by atoms with Gasteiger partial charge >= 0.3 is 0 Å². The number of nitrogens with zero attached hydrogens (tertiary/aromatic N) is 1. The van der Waals surface area contributed by atoms with Gasteiger partial charge in [-0.1, -0.05) is 30.3 Å². The van der Waals surface area contributed by atoms with Gasteiger partial charge in [0.1, 0.15) is 5.75 Å². The molecule has 0 aromatic heterocycles. The lowest BCUT2D eigenvalue weighted by Gasteiger charge is -2.09. The van der Waals surface area contributed by atoms with Crippen molar-refractivity contribution in [3.05, 3.63) is 58.6 Å². The van der Waals surface area contributed by atoms with E-state index in [1.807, 2.05) is 30.3 Å². The van der Waals surface area contributed by atoms with Crippen molar-refractivity contribution in [1.29, 1.82) is 0 Å². The molecule has 0 saturated carbocycles. The molecule has 4 heteroatoms. The molecule has 3 aromatic rings. The van der Waals surface area contributed by atoms with Crippen LogP contribution in [-0.4, -0.2) is 12.0 Å². The normalized spacial score (nSPS) is 10.8. The van der Waals surface area contributed by atoms with Crippen molar-refractivity contribution in [2.45, 2.75) is 0 Å². The summed E-state index contributed by atoms with van der Waals surface area (Å²) in [4.78, 5) is 10.8. The van der Waals surface area contributed by atoms with Crippen LogP contribution in [0.5, 0.6) is 5.75 Å². The molecule has 0 heterocycles. The average Bonchev–Trinajstić information content (AvgIpc) is 2.45. The fourth-order valence-corrected chi connectivity index (χ4v) is 2.41. The van der Waals surface area contributed by atoms with Crippen LogP contribution in [-0.2, 0) is 0 Å². The maximum Gasteiger partial charge on any atom is 0.277 e. The van der Waals surface area contributed by atoms with Gasteiger partial charge in [0.05, 0.1) is 17.4 Å². The zero-order valence-electron chi connectivity index (χ0n) is 10.3. The highest BCUT2D eigenvalue weighted by atomic mass is 16.6. The number of nitro benzene ring substituents is 1. The third-order valence-corrected chi connectivity index (χ3v) is 3.26. The minimum Gasteiger partial charge on any atom is -0.496 e. The Hall–Kier alpha value is -2.62. The molecule has 0 spiro atoms. The fourth-order valence-electron chi connectivity index (χ4n) is 2.41. The number of non-ortho nitro benzene ring substituents is 1. The Balaban J connectivity index is 2.56. The van der Waals surface area contributed by atoms with E-state index in [2.05, 4.69) is 0 Å². The van der Waals surface area contributed by atoms with E-state index >= 15 is 0 Å². The van der Waals surface area contributed by atoms with Crippen LogP contribution in [0, 0.1) is 10.1 Å². The summed E-state index contributed by atoms with van der Waals surface area (Å²) >= 11 is 0. The highest BCUT2D eigenvalue weighted by Gasteiger charge is 2.16. The molecule has 0 bridgehead atoms. The minimum absolute atomic E-state index is 0.0987. The molecule has 94 valence electrons. The molecule has 0 N–H and O–H groups in total. The van der Waals surface area contributed by atoms with Gasteiger partial charge in [0, 0.05) is 11.5 Å². The molecule has 0 saturated heterocycles. The lowest BCUT2D eigenvalue weighted by Crippen LogP contribution is -1.92. The van der Waals surface area contributed by atoms with Gasteiger partial charge in [0.15, 0.2) is 0 Å². The number of hydrogen-bond donors (Lipinski definition) is 0. The molecule has 4 nitrogen and oxygen atoms in total. The van der Waals surface area contributed by atoms with Crippen LogP contribution in [0.15, 0.2) is 48.5 Å². The van der Waals surface area contributed by atoms with Crippen molar-refractivity contribution in [3.63, 3.8) is 0 Å². The summed E-state index contributed by atoms with van der Waals surface area (Å²) in [5.74, 6) is 0.650. The molecular formula is C15H11NO3. The fraction of sp³-hybridized carbons (Fsp3) is 0.0667. The molecule has 3 rings (SSSR count). The first-order valence-electron chi connectivity index (χ1n) is 5.85. The Bertz CT molecular complexity index is 796. The Morgan fingerprint density at radius 1 is 1.00 bits per heavy atom. The largest absolute Gasteiger partial charge is 0.496 e. The molecule has 0 aliphatic rings. The predicted octanol–water partition coefficient (Wildman–Crippen LogP) is 3.91. The molecule has 19 heavy (non-hydrogen) atoms. The van der Waals surface area contributed by atoms with Crippen LogP contribution in [0.3, 0.4) is 0 Å². The van der Waals surface area contributed by atoms with Gasteiger partial charge in [0.25, 0.3) is 5.69 Å². The summed E-state index contributed by atoms with van der Waals surface area (Å²) in [6.45, 7) is 0. The van der Waals surface area contributed by atoms with Crippen LogP contribution in [0.25, 0.3) is 21.5 Å². The van der Waals surface area contributed by atoms with Gasteiger partial charge in [-0.2, -0.15) is 0 Å². The quantitative estimate of drug-likeness (QED) is 0.395. The third kappa shape index (κ3) is 1.69.